The highest BCUT2D eigenvalue weighted by atomic mass is 16.2. The number of rotatable bonds is 5. The summed E-state index contributed by atoms with van der Waals surface area (Å²) < 4.78 is 1.88. The molecule has 4 aromatic rings. The molecule has 1 atom stereocenters. The summed E-state index contributed by atoms with van der Waals surface area (Å²) in [4.78, 5) is 36.8. The van der Waals surface area contributed by atoms with Gasteiger partial charge in [-0.1, -0.05) is 24.3 Å². The first-order valence-electron chi connectivity index (χ1n) is 10.6. The van der Waals surface area contributed by atoms with Gasteiger partial charge in [0.15, 0.2) is 0 Å². The Hall–Kier alpha value is -4.00. The number of hydrogen-bond acceptors (Lipinski definition) is 4. The largest absolute Gasteiger partial charge is 0.326 e. The molecule has 3 heterocycles. The van der Waals surface area contributed by atoms with E-state index in [4.69, 9.17) is 4.98 Å². The van der Waals surface area contributed by atoms with Crippen LogP contribution in [0, 0.1) is 13.8 Å². The number of carbonyl (C=O) groups is 2. The molecule has 1 aliphatic rings. The fourth-order valence-electron chi connectivity index (χ4n) is 4.13. The van der Waals surface area contributed by atoms with Crippen LogP contribution in [0.5, 0.6) is 0 Å². The molecule has 0 bridgehead atoms. The highest BCUT2D eigenvalue weighted by molar-refractivity contribution is 6.05. The quantitative estimate of drug-likeness (QED) is 0.521. The highest BCUT2D eigenvalue weighted by Crippen LogP contribution is 2.37. The number of benzene rings is 2. The molecule has 5 rings (SSSR count). The van der Waals surface area contributed by atoms with Crippen LogP contribution in [0.4, 0.5) is 11.6 Å². The molecule has 7 nitrogen and oxygen atoms in total. The zero-order valence-corrected chi connectivity index (χ0v) is 17.9. The average molecular weight is 425 g/mol. The van der Waals surface area contributed by atoms with Crippen molar-refractivity contribution in [3.05, 3.63) is 83.7 Å². The maximum absolute atomic E-state index is 13.4. The van der Waals surface area contributed by atoms with Crippen molar-refractivity contribution in [1.29, 1.82) is 0 Å². The van der Waals surface area contributed by atoms with Gasteiger partial charge in [-0.05, 0) is 60.9 Å². The number of fused-ring (bicyclic) bond motifs is 3. The third-order valence-electron chi connectivity index (χ3n) is 5.91. The number of aromatic nitrogens is 3. The van der Waals surface area contributed by atoms with E-state index in [1.54, 1.807) is 17.3 Å². The molecule has 32 heavy (non-hydrogen) atoms. The van der Waals surface area contributed by atoms with E-state index >= 15 is 0 Å². The predicted molar refractivity (Wildman–Crippen MR) is 123 cm³/mol. The van der Waals surface area contributed by atoms with Crippen molar-refractivity contribution >= 4 is 34.5 Å². The van der Waals surface area contributed by atoms with Gasteiger partial charge in [0.05, 0.1) is 24.0 Å². The second kappa shape index (κ2) is 7.92. The lowest BCUT2D eigenvalue weighted by atomic mass is 10.1. The van der Waals surface area contributed by atoms with Crippen LogP contribution in [-0.2, 0) is 16.1 Å². The molecule has 2 aromatic heterocycles. The van der Waals surface area contributed by atoms with Gasteiger partial charge in [0.1, 0.15) is 6.04 Å². The number of hydrogen-bond donors (Lipinski definition) is 1. The summed E-state index contributed by atoms with van der Waals surface area (Å²) in [6.07, 6.45) is 3.47. The number of anilines is 2. The van der Waals surface area contributed by atoms with Crippen molar-refractivity contribution in [2.45, 2.75) is 32.9 Å². The van der Waals surface area contributed by atoms with Crippen LogP contribution in [0.2, 0.25) is 0 Å². The van der Waals surface area contributed by atoms with Crippen LogP contribution in [0.25, 0.3) is 11.0 Å². The van der Waals surface area contributed by atoms with Gasteiger partial charge in [0, 0.05) is 18.1 Å². The van der Waals surface area contributed by atoms with E-state index < -0.39 is 6.04 Å². The van der Waals surface area contributed by atoms with Crippen LogP contribution in [-0.4, -0.2) is 26.3 Å². The summed E-state index contributed by atoms with van der Waals surface area (Å²) in [6, 6.07) is 16.6. The van der Waals surface area contributed by atoms with E-state index in [-0.39, 0.29) is 18.2 Å². The fourth-order valence-corrected chi connectivity index (χ4v) is 4.13. The van der Waals surface area contributed by atoms with Crippen LogP contribution in [0.1, 0.15) is 29.2 Å². The van der Waals surface area contributed by atoms with Crippen LogP contribution < -0.4 is 10.2 Å². The molecule has 0 unspecified atom stereocenters. The molecular weight excluding hydrogens is 402 g/mol. The number of pyridine rings is 1. The molecule has 7 heteroatoms. The molecule has 0 radical (unpaired) electrons. The molecule has 160 valence electrons. The molecular formula is C25H23N5O2. The standard InChI is InChI=1S/C25H23N5O2/c1-16-9-10-19(12-17(16)2)27-23(31)13-22-24(32)29(15-18-6-5-11-26-14-18)25-28-20-7-3-4-8-21(20)30(22)25/h3-12,14,22H,13,15H2,1-2H3,(H,27,31)/t22-/m1/s1. The number of nitrogens with one attached hydrogen (secondary N) is 1. The van der Waals surface area contributed by atoms with Gasteiger partial charge >= 0.3 is 0 Å². The van der Waals surface area contributed by atoms with Crippen molar-refractivity contribution < 1.29 is 9.59 Å². The minimum absolute atomic E-state index is 0.0304. The minimum atomic E-state index is -0.652. The molecule has 2 amide bonds. The molecule has 0 fully saturated rings. The summed E-state index contributed by atoms with van der Waals surface area (Å²) in [6.45, 7) is 4.39. The smallest absolute Gasteiger partial charge is 0.253 e. The van der Waals surface area contributed by atoms with Crippen molar-refractivity contribution in [1.82, 2.24) is 14.5 Å². The van der Waals surface area contributed by atoms with Gasteiger partial charge in [-0.25, -0.2) is 4.98 Å². The number of nitrogens with zero attached hydrogens (tertiary/aromatic N) is 4. The van der Waals surface area contributed by atoms with Crippen molar-refractivity contribution in [3.63, 3.8) is 0 Å². The third kappa shape index (κ3) is 3.51. The molecule has 1 aliphatic heterocycles. The zero-order valence-electron chi connectivity index (χ0n) is 17.9. The molecule has 0 saturated carbocycles. The van der Waals surface area contributed by atoms with E-state index in [1.807, 2.05) is 73.0 Å². The van der Waals surface area contributed by atoms with E-state index in [1.165, 1.54) is 0 Å². The maximum atomic E-state index is 13.4. The third-order valence-corrected chi connectivity index (χ3v) is 5.91. The Balaban J connectivity index is 1.46. The van der Waals surface area contributed by atoms with Crippen molar-refractivity contribution in [3.8, 4) is 0 Å². The highest BCUT2D eigenvalue weighted by Gasteiger charge is 2.40. The lowest BCUT2D eigenvalue weighted by Gasteiger charge is -2.16. The SMILES string of the molecule is Cc1ccc(NC(=O)C[C@@H]2C(=O)N(Cc3cccnc3)c3nc4ccccc4n32)cc1C. The summed E-state index contributed by atoms with van der Waals surface area (Å²) in [7, 11) is 0. The zero-order chi connectivity index (χ0) is 22.2. The first-order chi connectivity index (χ1) is 15.5. The monoisotopic (exact) mass is 425 g/mol. The Bertz CT molecular complexity index is 1330. The van der Waals surface area contributed by atoms with Gasteiger partial charge in [0.25, 0.3) is 5.91 Å². The predicted octanol–water partition coefficient (Wildman–Crippen LogP) is 4.16. The number of para-hydroxylation sites is 2. The summed E-state index contributed by atoms with van der Waals surface area (Å²) in [5.41, 5.74) is 5.53. The Kier molecular flexibility index (Phi) is 4.93. The average Bonchev–Trinajstić information content (AvgIpc) is 3.28. The van der Waals surface area contributed by atoms with Crippen LogP contribution >= 0.6 is 0 Å². The molecule has 0 spiro atoms. The van der Waals surface area contributed by atoms with Crippen molar-refractivity contribution in [2.24, 2.45) is 0 Å². The Labute approximate surface area is 185 Å². The minimum Gasteiger partial charge on any atom is -0.326 e. The maximum Gasteiger partial charge on any atom is 0.253 e. The molecule has 2 aromatic carbocycles. The number of imidazole rings is 1. The lowest BCUT2D eigenvalue weighted by molar-refractivity contribution is -0.124. The lowest BCUT2D eigenvalue weighted by Crippen LogP contribution is -2.31. The van der Waals surface area contributed by atoms with E-state index in [0.29, 0.717) is 12.5 Å². The van der Waals surface area contributed by atoms with Gasteiger partial charge in [-0.2, -0.15) is 0 Å². The molecule has 0 aliphatic carbocycles. The van der Waals surface area contributed by atoms with Gasteiger partial charge < -0.3 is 5.32 Å². The topological polar surface area (TPSA) is 80.1 Å². The summed E-state index contributed by atoms with van der Waals surface area (Å²) in [5.74, 6) is 0.208. The second-order valence-corrected chi connectivity index (χ2v) is 8.12. The van der Waals surface area contributed by atoms with E-state index in [2.05, 4.69) is 10.3 Å². The number of aryl methyl sites for hydroxylation is 2. The van der Waals surface area contributed by atoms with Gasteiger partial charge in [-0.3, -0.25) is 24.0 Å². The van der Waals surface area contributed by atoms with Crippen LogP contribution in [0.15, 0.2) is 67.0 Å². The second-order valence-electron chi connectivity index (χ2n) is 8.12. The Morgan fingerprint density at radius 2 is 1.91 bits per heavy atom. The molecule has 1 N–H and O–H groups in total. The van der Waals surface area contributed by atoms with E-state index in [0.717, 1.165) is 33.4 Å². The normalized spacial score (nSPS) is 15.2. The van der Waals surface area contributed by atoms with E-state index in [9.17, 15) is 9.59 Å². The fraction of sp³-hybridized carbons (Fsp3) is 0.200. The number of carbonyl (C=O) groups excluding carboxylic acids is 2. The van der Waals surface area contributed by atoms with Crippen molar-refractivity contribution in [2.75, 3.05) is 10.2 Å². The summed E-state index contributed by atoms with van der Waals surface area (Å²) >= 11 is 0. The molecule has 0 saturated heterocycles. The number of amides is 2. The van der Waals surface area contributed by atoms with Gasteiger partial charge in [-0.15, -0.1) is 0 Å². The first kappa shape index (κ1) is 19.9. The Morgan fingerprint density at radius 1 is 1.06 bits per heavy atom. The first-order valence-corrected chi connectivity index (χ1v) is 10.6. The van der Waals surface area contributed by atoms with Gasteiger partial charge in [0.2, 0.25) is 11.9 Å². The Morgan fingerprint density at radius 3 is 2.69 bits per heavy atom. The summed E-state index contributed by atoms with van der Waals surface area (Å²) in [5, 5.41) is 2.94. The van der Waals surface area contributed by atoms with Crippen LogP contribution in [0.3, 0.4) is 0 Å².